The SMILES string of the molecule is C/C=C(/Cl)OC(C)=O. The molecule has 8 heavy (non-hydrogen) atoms. The van der Waals surface area contributed by atoms with Crippen molar-refractivity contribution in [2.24, 2.45) is 0 Å². The lowest BCUT2D eigenvalue weighted by molar-refractivity contribution is -0.135. The van der Waals surface area contributed by atoms with Crippen LogP contribution in [0.2, 0.25) is 0 Å². The van der Waals surface area contributed by atoms with Crippen LogP contribution in [0.4, 0.5) is 0 Å². The van der Waals surface area contributed by atoms with Crippen molar-refractivity contribution in [3.63, 3.8) is 0 Å². The van der Waals surface area contributed by atoms with Crippen molar-refractivity contribution in [2.75, 3.05) is 0 Å². The molecule has 0 fully saturated rings. The van der Waals surface area contributed by atoms with Gasteiger partial charge in [0.2, 0.25) is 0 Å². The summed E-state index contributed by atoms with van der Waals surface area (Å²) in [6.07, 6.45) is 1.50. The Kier molecular flexibility index (Phi) is 3.28. The quantitative estimate of drug-likeness (QED) is 0.403. The highest BCUT2D eigenvalue weighted by Crippen LogP contribution is 2.01. The summed E-state index contributed by atoms with van der Waals surface area (Å²) >= 11 is 5.28. The van der Waals surface area contributed by atoms with E-state index in [4.69, 9.17) is 11.6 Å². The smallest absolute Gasteiger partial charge is 0.308 e. The number of hydrogen-bond donors (Lipinski definition) is 0. The standard InChI is InChI=1S/C5H7ClO2/c1-3-5(6)8-4(2)7/h3H,1-2H3/b5-3-. The number of carbonyl (C=O) groups is 1. The molecule has 0 aliphatic rings. The summed E-state index contributed by atoms with van der Waals surface area (Å²) in [6.45, 7) is 2.98. The summed E-state index contributed by atoms with van der Waals surface area (Å²) in [6, 6.07) is 0. The number of carbonyl (C=O) groups excluding carboxylic acids is 1. The van der Waals surface area contributed by atoms with Gasteiger partial charge in [0.25, 0.3) is 0 Å². The first-order valence-electron chi connectivity index (χ1n) is 2.17. The number of halogens is 1. The van der Waals surface area contributed by atoms with Crippen molar-refractivity contribution in [1.29, 1.82) is 0 Å². The van der Waals surface area contributed by atoms with Gasteiger partial charge in [0.05, 0.1) is 0 Å². The Balaban J connectivity index is 3.56. The first kappa shape index (κ1) is 7.50. The lowest BCUT2D eigenvalue weighted by Crippen LogP contribution is -1.92. The Morgan fingerprint density at radius 1 is 1.75 bits per heavy atom. The Bertz CT molecular complexity index is 118. The third-order valence-electron chi connectivity index (χ3n) is 0.468. The van der Waals surface area contributed by atoms with Gasteiger partial charge in [-0.1, -0.05) is 0 Å². The predicted molar refractivity (Wildman–Crippen MR) is 31.4 cm³/mol. The van der Waals surface area contributed by atoms with Crippen molar-refractivity contribution >= 4 is 17.6 Å². The highest BCUT2D eigenvalue weighted by molar-refractivity contribution is 6.28. The van der Waals surface area contributed by atoms with Crippen molar-refractivity contribution in [1.82, 2.24) is 0 Å². The molecular formula is C5H7ClO2. The number of esters is 1. The van der Waals surface area contributed by atoms with Crippen LogP contribution in [0.1, 0.15) is 13.8 Å². The normalized spacial score (nSPS) is 11.1. The van der Waals surface area contributed by atoms with Gasteiger partial charge in [-0.3, -0.25) is 4.79 Å². The van der Waals surface area contributed by atoms with Crippen molar-refractivity contribution in [2.45, 2.75) is 13.8 Å². The molecule has 0 bridgehead atoms. The van der Waals surface area contributed by atoms with E-state index in [2.05, 4.69) is 4.74 Å². The molecule has 0 aliphatic heterocycles. The van der Waals surface area contributed by atoms with Gasteiger partial charge in [-0.05, 0) is 24.6 Å². The van der Waals surface area contributed by atoms with E-state index in [1.165, 1.54) is 13.0 Å². The average Bonchev–Trinajstić information content (AvgIpc) is 1.65. The van der Waals surface area contributed by atoms with Crippen LogP contribution in [0.15, 0.2) is 11.3 Å². The van der Waals surface area contributed by atoms with E-state index < -0.39 is 5.97 Å². The lowest BCUT2D eigenvalue weighted by atomic mass is 10.7. The van der Waals surface area contributed by atoms with Gasteiger partial charge >= 0.3 is 5.97 Å². The maximum absolute atomic E-state index is 10.1. The van der Waals surface area contributed by atoms with Crippen LogP contribution in [0.5, 0.6) is 0 Å². The maximum Gasteiger partial charge on any atom is 0.308 e. The van der Waals surface area contributed by atoms with E-state index >= 15 is 0 Å². The van der Waals surface area contributed by atoms with Crippen molar-refractivity contribution in [3.05, 3.63) is 11.3 Å². The molecule has 2 nitrogen and oxygen atoms in total. The topological polar surface area (TPSA) is 26.3 Å². The summed E-state index contributed by atoms with van der Waals surface area (Å²) in [7, 11) is 0. The molecule has 0 heterocycles. The van der Waals surface area contributed by atoms with E-state index in [0.717, 1.165) is 0 Å². The summed E-state index contributed by atoms with van der Waals surface area (Å²) in [5, 5.41) is 0.123. The van der Waals surface area contributed by atoms with E-state index in [1.54, 1.807) is 6.92 Å². The van der Waals surface area contributed by atoms with Gasteiger partial charge in [0.1, 0.15) is 0 Å². The van der Waals surface area contributed by atoms with Crippen LogP contribution in [-0.4, -0.2) is 5.97 Å². The fourth-order valence-electron chi connectivity index (χ4n) is 0.196. The van der Waals surface area contributed by atoms with E-state index in [0.29, 0.717) is 0 Å². The van der Waals surface area contributed by atoms with Crippen LogP contribution in [0, 0.1) is 0 Å². The second-order valence-electron chi connectivity index (χ2n) is 1.19. The molecule has 0 amide bonds. The van der Waals surface area contributed by atoms with Crippen LogP contribution in [0.25, 0.3) is 0 Å². The van der Waals surface area contributed by atoms with Gasteiger partial charge in [0, 0.05) is 6.92 Å². The molecule has 0 rings (SSSR count). The monoisotopic (exact) mass is 134 g/mol. The number of allylic oxidation sites excluding steroid dienone is 1. The lowest BCUT2D eigenvalue weighted by Gasteiger charge is -1.93. The molecule has 0 unspecified atom stereocenters. The third kappa shape index (κ3) is 3.68. The molecule has 0 saturated heterocycles. The minimum absolute atomic E-state index is 0.123. The van der Waals surface area contributed by atoms with Crippen LogP contribution in [0.3, 0.4) is 0 Å². The highest BCUT2D eigenvalue weighted by Gasteiger charge is 1.92. The first-order valence-corrected chi connectivity index (χ1v) is 2.55. The Labute approximate surface area is 53.1 Å². The van der Waals surface area contributed by atoms with Crippen molar-refractivity contribution < 1.29 is 9.53 Å². The summed E-state index contributed by atoms with van der Waals surface area (Å²) < 4.78 is 4.39. The Morgan fingerprint density at radius 2 is 2.25 bits per heavy atom. The van der Waals surface area contributed by atoms with E-state index in [-0.39, 0.29) is 5.22 Å². The van der Waals surface area contributed by atoms with Gasteiger partial charge < -0.3 is 4.74 Å². The molecule has 0 saturated carbocycles. The second kappa shape index (κ2) is 3.50. The van der Waals surface area contributed by atoms with E-state index in [1.807, 2.05) is 0 Å². The average molecular weight is 135 g/mol. The molecule has 46 valence electrons. The molecule has 0 aromatic heterocycles. The maximum atomic E-state index is 10.1. The summed E-state index contributed by atoms with van der Waals surface area (Å²) in [5.74, 6) is -0.395. The fraction of sp³-hybridized carbons (Fsp3) is 0.400. The molecule has 3 heteroatoms. The zero-order chi connectivity index (χ0) is 6.57. The summed E-state index contributed by atoms with van der Waals surface area (Å²) in [4.78, 5) is 10.1. The predicted octanol–water partition coefficient (Wildman–Crippen LogP) is 1.65. The highest BCUT2D eigenvalue weighted by atomic mass is 35.5. The van der Waals surface area contributed by atoms with Crippen LogP contribution in [-0.2, 0) is 9.53 Å². The second-order valence-corrected chi connectivity index (χ2v) is 1.56. The Morgan fingerprint density at radius 3 is 2.38 bits per heavy atom. The zero-order valence-electron chi connectivity index (χ0n) is 4.77. The van der Waals surface area contributed by atoms with Gasteiger partial charge in [-0.2, -0.15) is 0 Å². The molecule has 0 aromatic rings. The molecule has 0 atom stereocenters. The van der Waals surface area contributed by atoms with Gasteiger partial charge in [-0.25, -0.2) is 0 Å². The Hall–Kier alpha value is -0.500. The minimum Gasteiger partial charge on any atom is -0.415 e. The first-order chi connectivity index (χ1) is 3.66. The van der Waals surface area contributed by atoms with Gasteiger partial charge in [0.15, 0.2) is 5.22 Å². The third-order valence-corrected chi connectivity index (χ3v) is 0.764. The molecular weight excluding hydrogens is 128 g/mol. The molecule has 0 radical (unpaired) electrons. The van der Waals surface area contributed by atoms with Crippen LogP contribution >= 0.6 is 11.6 Å². The molecule has 0 N–H and O–H groups in total. The zero-order valence-corrected chi connectivity index (χ0v) is 5.53. The van der Waals surface area contributed by atoms with E-state index in [9.17, 15) is 4.79 Å². The van der Waals surface area contributed by atoms with Crippen molar-refractivity contribution in [3.8, 4) is 0 Å². The van der Waals surface area contributed by atoms with Gasteiger partial charge in [-0.15, -0.1) is 0 Å². The number of ether oxygens (including phenoxy) is 1. The number of rotatable bonds is 1. The molecule has 0 aromatic carbocycles. The molecule has 0 spiro atoms. The largest absolute Gasteiger partial charge is 0.415 e. The summed E-state index contributed by atoms with van der Waals surface area (Å²) in [5.41, 5.74) is 0. The fourth-order valence-corrected chi connectivity index (χ4v) is 0.305. The minimum atomic E-state index is -0.395. The van der Waals surface area contributed by atoms with Crippen LogP contribution < -0.4 is 0 Å². The molecule has 0 aliphatic carbocycles. The number of hydrogen-bond acceptors (Lipinski definition) is 2.